The van der Waals surface area contributed by atoms with E-state index in [0.717, 1.165) is 5.56 Å². The fraction of sp³-hybridized carbons (Fsp3) is 0.286. The van der Waals surface area contributed by atoms with Gasteiger partial charge >= 0.3 is 0 Å². The first-order valence-electron chi connectivity index (χ1n) is 6.19. The topological polar surface area (TPSA) is 82.9 Å². The Morgan fingerprint density at radius 1 is 1.40 bits per heavy atom. The number of nitrogens with zero attached hydrogens (tertiary/aromatic N) is 2. The third-order valence-corrected chi connectivity index (χ3v) is 4.50. The fourth-order valence-corrected chi connectivity index (χ4v) is 3.21. The second-order valence-corrected chi connectivity index (χ2v) is 6.40. The van der Waals surface area contributed by atoms with Crippen molar-refractivity contribution >= 4 is 20.9 Å². The number of aryl methyl sites for hydroxylation is 1. The number of fused-ring (bicyclic) bond motifs is 1. The van der Waals surface area contributed by atoms with Gasteiger partial charge in [0, 0.05) is 18.1 Å². The lowest BCUT2D eigenvalue weighted by Gasteiger charge is -2.11. The quantitative estimate of drug-likeness (QED) is 0.933. The molecule has 1 heterocycles. The summed E-state index contributed by atoms with van der Waals surface area (Å²) in [7, 11) is -3.65. The highest BCUT2D eigenvalue weighted by Gasteiger charge is 2.18. The molecule has 6 heteroatoms. The van der Waals surface area contributed by atoms with Gasteiger partial charge < -0.3 is 0 Å². The molecule has 0 aliphatic carbocycles. The summed E-state index contributed by atoms with van der Waals surface area (Å²) in [5.41, 5.74) is 1.59. The van der Waals surface area contributed by atoms with Crippen LogP contribution >= 0.6 is 0 Å². The Kier molecular flexibility index (Phi) is 4.02. The van der Waals surface area contributed by atoms with Crippen LogP contribution in [0, 0.1) is 24.2 Å². The van der Waals surface area contributed by atoms with E-state index in [4.69, 9.17) is 5.26 Å². The summed E-state index contributed by atoms with van der Waals surface area (Å²) in [6.07, 6.45) is 1.64. The lowest BCUT2D eigenvalue weighted by atomic mass is 10.1. The Morgan fingerprint density at radius 3 is 2.85 bits per heavy atom. The van der Waals surface area contributed by atoms with E-state index >= 15 is 0 Å². The van der Waals surface area contributed by atoms with E-state index < -0.39 is 10.0 Å². The van der Waals surface area contributed by atoms with Gasteiger partial charge in [0.2, 0.25) is 10.0 Å². The molecule has 104 valence electrons. The van der Waals surface area contributed by atoms with Crippen molar-refractivity contribution in [2.24, 2.45) is 5.92 Å². The Morgan fingerprint density at radius 2 is 2.15 bits per heavy atom. The van der Waals surface area contributed by atoms with Gasteiger partial charge in [-0.2, -0.15) is 5.26 Å². The van der Waals surface area contributed by atoms with Gasteiger partial charge in [0.05, 0.1) is 22.4 Å². The summed E-state index contributed by atoms with van der Waals surface area (Å²) >= 11 is 0. The molecule has 2 aromatic rings. The number of aromatic nitrogens is 1. The predicted octanol–water partition coefficient (Wildman–Crippen LogP) is 1.98. The number of nitriles is 1. The lowest BCUT2D eigenvalue weighted by molar-refractivity contribution is 0.573. The second-order valence-electron chi connectivity index (χ2n) is 4.66. The van der Waals surface area contributed by atoms with Crippen LogP contribution in [0.4, 0.5) is 0 Å². The third-order valence-electron chi connectivity index (χ3n) is 3.02. The van der Waals surface area contributed by atoms with Crippen LogP contribution in [0.1, 0.15) is 12.5 Å². The van der Waals surface area contributed by atoms with Crippen molar-refractivity contribution in [1.82, 2.24) is 9.71 Å². The van der Waals surface area contributed by atoms with Crippen LogP contribution in [0.25, 0.3) is 10.9 Å². The van der Waals surface area contributed by atoms with E-state index in [9.17, 15) is 8.42 Å². The van der Waals surface area contributed by atoms with Crippen LogP contribution in [0.15, 0.2) is 35.4 Å². The monoisotopic (exact) mass is 289 g/mol. The van der Waals surface area contributed by atoms with Crippen LogP contribution < -0.4 is 4.72 Å². The number of nitrogens with one attached hydrogen (secondary N) is 1. The summed E-state index contributed by atoms with van der Waals surface area (Å²) < 4.78 is 27.1. The highest BCUT2D eigenvalue weighted by atomic mass is 32.2. The molecule has 2 rings (SSSR count). The number of sulfonamides is 1. The summed E-state index contributed by atoms with van der Waals surface area (Å²) in [5.74, 6) is -0.375. The predicted molar refractivity (Wildman–Crippen MR) is 76.4 cm³/mol. The Bertz CT molecular complexity index is 779. The van der Waals surface area contributed by atoms with Gasteiger partial charge in [-0.25, -0.2) is 13.1 Å². The third kappa shape index (κ3) is 2.79. The summed E-state index contributed by atoms with van der Waals surface area (Å²) in [6, 6.07) is 8.74. The van der Waals surface area contributed by atoms with Crippen molar-refractivity contribution in [3.05, 3.63) is 36.0 Å². The van der Waals surface area contributed by atoms with Crippen molar-refractivity contribution in [3.8, 4) is 6.07 Å². The van der Waals surface area contributed by atoms with E-state index in [1.807, 2.05) is 13.0 Å². The molecule has 5 nitrogen and oxygen atoms in total. The molecule has 1 aromatic carbocycles. The minimum absolute atomic E-state index is 0.0917. The summed E-state index contributed by atoms with van der Waals surface area (Å²) in [4.78, 5) is 4.41. The molecule has 0 amide bonds. The molecular weight excluding hydrogens is 274 g/mol. The largest absolute Gasteiger partial charge is 0.256 e. The maximum absolute atomic E-state index is 12.3. The fourth-order valence-electron chi connectivity index (χ4n) is 1.88. The van der Waals surface area contributed by atoms with Crippen LogP contribution in [0.3, 0.4) is 0 Å². The summed E-state index contributed by atoms with van der Waals surface area (Å²) in [6.45, 7) is 3.64. The van der Waals surface area contributed by atoms with Crippen molar-refractivity contribution in [3.63, 3.8) is 0 Å². The molecule has 0 fully saturated rings. The normalized spacial score (nSPS) is 13.1. The molecule has 20 heavy (non-hydrogen) atoms. The van der Waals surface area contributed by atoms with Crippen LogP contribution in [-0.4, -0.2) is 19.9 Å². The van der Waals surface area contributed by atoms with Gasteiger partial charge in [0.15, 0.2) is 0 Å². The number of rotatable bonds is 4. The van der Waals surface area contributed by atoms with Crippen LogP contribution in [0.2, 0.25) is 0 Å². The van der Waals surface area contributed by atoms with Gasteiger partial charge in [0.25, 0.3) is 0 Å². The molecule has 0 radical (unpaired) electrons. The van der Waals surface area contributed by atoms with E-state index in [1.54, 1.807) is 37.4 Å². The maximum Gasteiger partial charge on any atom is 0.241 e. The van der Waals surface area contributed by atoms with E-state index in [0.29, 0.717) is 10.9 Å². The minimum atomic E-state index is -3.65. The first kappa shape index (κ1) is 14.4. The zero-order chi connectivity index (χ0) is 14.8. The number of benzene rings is 1. The van der Waals surface area contributed by atoms with Crippen LogP contribution in [0.5, 0.6) is 0 Å². The molecule has 0 aliphatic rings. The van der Waals surface area contributed by atoms with Gasteiger partial charge in [-0.1, -0.05) is 6.07 Å². The zero-order valence-corrected chi connectivity index (χ0v) is 12.1. The molecule has 1 N–H and O–H groups in total. The van der Waals surface area contributed by atoms with Crippen molar-refractivity contribution < 1.29 is 8.42 Å². The molecule has 0 spiro atoms. The molecule has 1 unspecified atom stereocenters. The first-order chi connectivity index (χ1) is 9.45. The van der Waals surface area contributed by atoms with Gasteiger partial charge in [0.1, 0.15) is 0 Å². The van der Waals surface area contributed by atoms with E-state index in [1.165, 1.54) is 0 Å². The average Bonchev–Trinajstić information content (AvgIpc) is 2.45. The van der Waals surface area contributed by atoms with Crippen LogP contribution in [-0.2, 0) is 10.0 Å². The molecule has 0 bridgehead atoms. The lowest BCUT2D eigenvalue weighted by Crippen LogP contribution is -2.28. The smallest absolute Gasteiger partial charge is 0.241 e. The molecule has 1 aromatic heterocycles. The van der Waals surface area contributed by atoms with Gasteiger partial charge in [-0.3, -0.25) is 4.98 Å². The maximum atomic E-state index is 12.3. The number of hydrogen-bond acceptors (Lipinski definition) is 4. The number of pyridine rings is 1. The minimum Gasteiger partial charge on any atom is -0.256 e. The van der Waals surface area contributed by atoms with Crippen molar-refractivity contribution in [1.29, 1.82) is 5.26 Å². The molecular formula is C14H15N3O2S. The molecule has 0 saturated carbocycles. The number of hydrogen-bond donors (Lipinski definition) is 1. The SMILES string of the molecule is Cc1ccc(S(=O)(=O)NCC(C)C#N)c2cccnc12. The molecule has 0 aliphatic heterocycles. The highest BCUT2D eigenvalue weighted by Crippen LogP contribution is 2.24. The van der Waals surface area contributed by atoms with E-state index in [2.05, 4.69) is 9.71 Å². The second kappa shape index (κ2) is 5.57. The zero-order valence-electron chi connectivity index (χ0n) is 11.3. The van der Waals surface area contributed by atoms with Crippen molar-refractivity contribution in [2.45, 2.75) is 18.7 Å². The Labute approximate surface area is 118 Å². The van der Waals surface area contributed by atoms with Gasteiger partial charge in [-0.05, 0) is 37.6 Å². The Balaban J connectivity index is 2.48. The van der Waals surface area contributed by atoms with Crippen molar-refractivity contribution in [2.75, 3.05) is 6.54 Å². The Hall–Kier alpha value is -1.97. The highest BCUT2D eigenvalue weighted by molar-refractivity contribution is 7.89. The molecule has 0 saturated heterocycles. The van der Waals surface area contributed by atoms with E-state index in [-0.39, 0.29) is 17.4 Å². The summed E-state index contributed by atoms with van der Waals surface area (Å²) in [5, 5.41) is 9.30. The molecule has 1 atom stereocenters. The first-order valence-corrected chi connectivity index (χ1v) is 7.67. The average molecular weight is 289 g/mol. The van der Waals surface area contributed by atoms with Gasteiger partial charge in [-0.15, -0.1) is 0 Å². The standard InChI is InChI=1S/C14H15N3O2S/c1-10(8-15)9-17-20(18,19)13-6-5-11(2)14-12(13)4-3-7-16-14/h3-7,10,17H,9H2,1-2H3.